The molecule has 0 aromatic heterocycles. The van der Waals surface area contributed by atoms with Crippen LogP contribution in [0.1, 0.15) is 10.4 Å². The highest BCUT2D eigenvalue weighted by atomic mass is 32.2. The largest absolute Gasteiger partial charge is 0.494 e. The number of anilines is 1. The van der Waals surface area contributed by atoms with Crippen LogP contribution in [0.2, 0.25) is 0 Å². The standard InChI is InChI=1S/C11H17N3O4S/c1-13-19(16,17)7-6-14-11(15)8-4-3-5-9(12)10(8)18-2/h3-5,13H,6-7,12H2,1-2H3,(H,14,15). The van der Waals surface area contributed by atoms with Gasteiger partial charge in [-0.05, 0) is 19.2 Å². The monoisotopic (exact) mass is 287 g/mol. The fourth-order valence-corrected chi connectivity index (χ4v) is 2.03. The van der Waals surface area contributed by atoms with Gasteiger partial charge in [-0.1, -0.05) is 6.07 Å². The summed E-state index contributed by atoms with van der Waals surface area (Å²) in [6, 6.07) is 4.79. The van der Waals surface area contributed by atoms with Gasteiger partial charge >= 0.3 is 0 Å². The van der Waals surface area contributed by atoms with Crippen LogP contribution >= 0.6 is 0 Å². The molecule has 0 aliphatic heterocycles. The smallest absolute Gasteiger partial charge is 0.255 e. The first-order valence-corrected chi connectivity index (χ1v) is 7.18. The van der Waals surface area contributed by atoms with Crippen molar-refractivity contribution in [3.63, 3.8) is 0 Å². The number of rotatable bonds is 6. The van der Waals surface area contributed by atoms with Crippen molar-refractivity contribution < 1.29 is 17.9 Å². The van der Waals surface area contributed by atoms with Gasteiger partial charge in [0.25, 0.3) is 5.91 Å². The van der Waals surface area contributed by atoms with Crippen LogP contribution in [0.25, 0.3) is 0 Å². The van der Waals surface area contributed by atoms with Gasteiger partial charge in [-0.15, -0.1) is 0 Å². The molecule has 8 heteroatoms. The van der Waals surface area contributed by atoms with Crippen LogP contribution in [0.4, 0.5) is 5.69 Å². The van der Waals surface area contributed by atoms with Crippen LogP contribution in [0.3, 0.4) is 0 Å². The lowest BCUT2D eigenvalue weighted by molar-refractivity contribution is 0.0953. The number of carbonyl (C=O) groups is 1. The van der Waals surface area contributed by atoms with Crippen LogP contribution in [0.15, 0.2) is 18.2 Å². The zero-order valence-corrected chi connectivity index (χ0v) is 11.6. The summed E-state index contributed by atoms with van der Waals surface area (Å²) in [5.74, 6) is -0.355. The lowest BCUT2D eigenvalue weighted by Gasteiger charge is -2.11. The topological polar surface area (TPSA) is 111 Å². The highest BCUT2D eigenvalue weighted by Crippen LogP contribution is 2.25. The number of methoxy groups -OCH3 is 1. The third kappa shape index (κ3) is 4.11. The van der Waals surface area contributed by atoms with Crippen molar-refractivity contribution in [1.82, 2.24) is 10.0 Å². The Hall–Kier alpha value is -1.80. The Balaban J connectivity index is 2.72. The Bertz CT molecular complexity index is 557. The van der Waals surface area contributed by atoms with Gasteiger partial charge in [0.1, 0.15) is 0 Å². The molecule has 1 amide bonds. The first kappa shape index (κ1) is 15.3. The Labute approximate surface area is 112 Å². The summed E-state index contributed by atoms with van der Waals surface area (Å²) < 4.78 is 29.6. The van der Waals surface area contributed by atoms with E-state index >= 15 is 0 Å². The van der Waals surface area contributed by atoms with Crippen LogP contribution in [0.5, 0.6) is 5.75 Å². The molecule has 0 aliphatic carbocycles. The molecule has 0 spiro atoms. The van der Waals surface area contributed by atoms with Crippen molar-refractivity contribution in [3.8, 4) is 5.75 Å². The maximum absolute atomic E-state index is 11.9. The number of nitrogens with two attached hydrogens (primary N) is 1. The van der Waals surface area contributed by atoms with Crippen LogP contribution in [0, 0.1) is 0 Å². The third-order valence-electron chi connectivity index (χ3n) is 2.46. The van der Waals surface area contributed by atoms with E-state index < -0.39 is 15.9 Å². The van der Waals surface area contributed by atoms with E-state index in [1.54, 1.807) is 18.2 Å². The molecule has 1 rings (SSSR count). The van der Waals surface area contributed by atoms with E-state index in [1.165, 1.54) is 14.2 Å². The number of hydrogen-bond donors (Lipinski definition) is 3. The van der Waals surface area contributed by atoms with Crippen molar-refractivity contribution >= 4 is 21.6 Å². The minimum atomic E-state index is -3.34. The van der Waals surface area contributed by atoms with Gasteiger partial charge in [0.2, 0.25) is 10.0 Å². The van der Waals surface area contributed by atoms with Crippen molar-refractivity contribution in [1.29, 1.82) is 0 Å². The van der Waals surface area contributed by atoms with E-state index in [1.807, 2.05) is 0 Å². The average molecular weight is 287 g/mol. The molecule has 0 bridgehead atoms. The molecular formula is C11H17N3O4S. The number of para-hydroxylation sites is 1. The molecule has 4 N–H and O–H groups in total. The summed E-state index contributed by atoms with van der Waals surface area (Å²) in [4.78, 5) is 11.9. The highest BCUT2D eigenvalue weighted by molar-refractivity contribution is 7.89. The molecule has 0 saturated heterocycles. The van der Waals surface area contributed by atoms with E-state index in [9.17, 15) is 13.2 Å². The number of carbonyl (C=O) groups excluding carboxylic acids is 1. The van der Waals surface area contributed by atoms with Gasteiger partial charge < -0.3 is 15.8 Å². The maximum Gasteiger partial charge on any atom is 0.255 e. The third-order valence-corrected chi connectivity index (χ3v) is 3.83. The molecular weight excluding hydrogens is 270 g/mol. The molecule has 0 aliphatic rings. The second-order valence-corrected chi connectivity index (χ2v) is 5.75. The zero-order chi connectivity index (χ0) is 14.5. The molecule has 0 atom stereocenters. The lowest BCUT2D eigenvalue weighted by atomic mass is 10.1. The predicted octanol–water partition coefficient (Wildman–Crippen LogP) is -0.444. The number of sulfonamides is 1. The van der Waals surface area contributed by atoms with Gasteiger partial charge in [0.05, 0.1) is 24.1 Å². The summed E-state index contributed by atoms with van der Waals surface area (Å²) in [6.45, 7) is -0.0000397. The molecule has 19 heavy (non-hydrogen) atoms. The zero-order valence-electron chi connectivity index (χ0n) is 10.8. The molecule has 0 saturated carbocycles. The minimum Gasteiger partial charge on any atom is -0.494 e. The summed E-state index contributed by atoms with van der Waals surface area (Å²) >= 11 is 0. The van der Waals surface area contributed by atoms with E-state index in [4.69, 9.17) is 10.5 Å². The molecule has 106 valence electrons. The number of ether oxygens (including phenoxy) is 1. The Kier molecular flexibility index (Phi) is 5.13. The number of amides is 1. The molecule has 1 aromatic carbocycles. The molecule has 0 fully saturated rings. The second-order valence-electron chi connectivity index (χ2n) is 3.71. The van der Waals surface area contributed by atoms with E-state index in [0.717, 1.165) is 0 Å². The molecule has 0 unspecified atom stereocenters. The summed E-state index contributed by atoms with van der Waals surface area (Å²) in [7, 11) is -0.614. The second kappa shape index (κ2) is 6.39. The van der Waals surface area contributed by atoms with Crippen LogP contribution in [-0.4, -0.2) is 40.8 Å². The SMILES string of the molecule is CNS(=O)(=O)CCNC(=O)c1cccc(N)c1OC. The van der Waals surface area contributed by atoms with Gasteiger partial charge in [0, 0.05) is 6.54 Å². The average Bonchev–Trinajstić information content (AvgIpc) is 2.38. The Morgan fingerprint density at radius 2 is 2.11 bits per heavy atom. The van der Waals surface area contributed by atoms with Gasteiger partial charge in [-0.3, -0.25) is 4.79 Å². The Morgan fingerprint density at radius 1 is 1.42 bits per heavy atom. The maximum atomic E-state index is 11.9. The number of hydrogen-bond acceptors (Lipinski definition) is 5. The number of nitrogen functional groups attached to an aromatic ring is 1. The Morgan fingerprint density at radius 3 is 2.68 bits per heavy atom. The summed E-state index contributed by atoms with van der Waals surface area (Å²) in [6.07, 6.45) is 0. The number of nitrogens with one attached hydrogen (secondary N) is 2. The molecule has 0 heterocycles. The van der Waals surface area contributed by atoms with Crippen molar-refractivity contribution in [2.75, 3.05) is 32.2 Å². The predicted molar refractivity (Wildman–Crippen MR) is 72.6 cm³/mol. The van der Waals surface area contributed by atoms with Gasteiger partial charge in [-0.25, -0.2) is 13.1 Å². The van der Waals surface area contributed by atoms with Gasteiger partial charge in [0.15, 0.2) is 5.75 Å². The first-order chi connectivity index (χ1) is 8.91. The van der Waals surface area contributed by atoms with Crippen molar-refractivity contribution in [2.45, 2.75) is 0 Å². The summed E-state index contributed by atoms with van der Waals surface area (Å²) in [5.41, 5.74) is 6.29. The minimum absolute atomic E-state index is 0.0000397. The van der Waals surface area contributed by atoms with E-state index in [0.29, 0.717) is 5.69 Å². The van der Waals surface area contributed by atoms with Crippen molar-refractivity contribution in [3.05, 3.63) is 23.8 Å². The van der Waals surface area contributed by atoms with Gasteiger partial charge in [-0.2, -0.15) is 0 Å². The number of benzene rings is 1. The first-order valence-electron chi connectivity index (χ1n) is 5.53. The molecule has 7 nitrogen and oxygen atoms in total. The van der Waals surface area contributed by atoms with E-state index in [-0.39, 0.29) is 23.6 Å². The summed E-state index contributed by atoms with van der Waals surface area (Å²) in [5, 5.41) is 2.50. The molecule has 1 aromatic rings. The fourth-order valence-electron chi connectivity index (χ4n) is 1.46. The van der Waals surface area contributed by atoms with E-state index in [2.05, 4.69) is 10.0 Å². The highest BCUT2D eigenvalue weighted by Gasteiger charge is 2.15. The van der Waals surface area contributed by atoms with Crippen LogP contribution in [-0.2, 0) is 10.0 Å². The van der Waals surface area contributed by atoms with Crippen LogP contribution < -0.4 is 20.5 Å². The fraction of sp³-hybridized carbons (Fsp3) is 0.364. The van der Waals surface area contributed by atoms with Crippen molar-refractivity contribution in [2.24, 2.45) is 0 Å². The normalized spacial score (nSPS) is 11.1. The quantitative estimate of drug-likeness (QED) is 0.614. The lowest BCUT2D eigenvalue weighted by Crippen LogP contribution is -2.33. The molecule has 0 radical (unpaired) electrons.